The van der Waals surface area contributed by atoms with Crippen molar-refractivity contribution in [3.63, 3.8) is 0 Å². The van der Waals surface area contributed by atoms with E-state index in [0.717, 1.165) is 31.2 Å². The molecule has 2 rings (SSSR count). The predicted octanol–water partition coefficient (Wildman–Crippen LogP) is 3.06. The van der Waals surface area contributed by atoms with E-state index in [1.165, 1.54) is 24.2 Å². The van der Waals surface area contributed by atoms with E-state index in [-0.39, 0.29) is 5.91 Å². The highest BCUT2D eigenvalue weighted by Crippen LogP contribution is 2.32. The van der Waals surface area contributed by atoms with Gasteiger partial charge in [0.25, 0.3) is 5.91 Å². The van der Waals surface area contributed by atoms with E-state index in [2.05, 4.69) is 31.1 Å². The maximum absolute atomic E-state index is 12.7. The van der Waals surface area contributed by atoms with Crippen molar-refractivity contribution in [2.75, 3.05) is 30.7 Å². The van der Waals surface area contributed by atoms with Gasteiger partial charge in [-0.15, -0.1) is 0 Å². The molecular formula is C15H26N4OS. The van der Waals surface area contributed by atoms with Crippen molar-refractivity contribution in [1.82, 2.24) is 9.88 Å². The number of hydrogen-bond donors (Lipinski definition) is 2. The fourth-order valence-corrected chi connectivity index (χ4v) is 3.01. The Kier molecular flexibility index (Phi) is 5.45. The molecular weight excluding hydrogens is 284 g/mol. The fraction of sp³-hybridized carbons (Fsp3) is 0.733. The summed E-state index contributed by atoms with van der Waals surface area (Å²) in [7, 11) is 0. The van der Waals surface area contributed by atoms with Crippen LogP contribution in [0.15, 0.2) is 0 Å². The zero-order valence-corrected chi connectivity index (χ0v) is 14.0. The molecule has 6 heteroatoms. The molecule has 1 amide bonds. The van der Waals surface area contributed by atoms with Crippen LogP contribution in [-0.2, 0) is 0 Å². The molecule has 1 aliphatic rings. The number of carbonyl (C=O) groups is 1. The number of hydrogen-bond acceptors (Lipinski definition) is 5. The van der Waals surface area contributed by atoms with Gasteiger partial charge in [0, 0.05) is 19.6 Å². The van der Waals surface area contributed by atoms with E-state index in [9.17, 15) is 4.79 Å². The first-order chi connectivity index (χ1) is 10.0. The third-order valence-corrected chi connectivity index (χ3v) is 4.48. The molecule has 0 saturated heterocycles. The molecule has 0 radical (unpaired) electrons. The number of rotatable bonds is 8. The van der Waals surface area contributed by atoms with E-state index in [1.807, 2.05) is 4.90 Å². The number of nitrogens with zero attached hydrogens (tertiary/aromatic N) is 2. The summed E-state index contributed by atoms with van der Waals surface area (Å²) in [5, 5.41) is 3.98. The number of carbonyl (C=O) groups excluding carboxylic acids is 1. The van der Waals surface area contributed by atoms with Gasteiger partial charge in [-0.1, -0.05) is 32.1 Å². The first kappa shape index (κ1) is 16.1. The zero-order chi connectivity index (χ0) is 15.4. The molecule has 0 atom stereocenters. The van der Waals surface area contributed by atoms with Gasteiger partial charge < -0.3 is 16.0 Å². The summed E-state index contributed by atoms with van der Waals surface area (Å²) in [6.45, 7) is 8.85. The Balaban J connectivity index is 2.05. The van der Waals surface area contributed by atoms with Crippen LogP contribution >= 0.6 is 11.3 Å². The highest BCUT2D eigenvalue weighted by molar-refractivity contribution is 7.18. The van der Waals surface area contributed by atoms with Crippen molar-refractivity contribution in [2.45, 2.75) is 40.0 Å². The van der Waals surface area contributed by atoms with Gasteiger partial charge in [-0.05, 0) is 31.1 Å². The molecule has 1 aromatic rings. The lowest BCUT2D eigenvalue weighted by Gasteiger charge is -2.21. The monoisotopic (exact) mass is 310 g/mol. The minimum Gasteiger partial charge on any atom is -0.382 e. The van der Waals surface area contributed by atoms with Gasteiger partial charge >= 0.3 is 0 Å². The first-order valence-corrected chi connectivity index (χ1v) is 8.62. The van der Waals surface area contributed by atoms with Crippen LogP contribution in [-0.4, -0.2) is 35.4 Å². The van der Waals surface area contributed by atoms with Crippen LogP contribution in [0.5, 0.6) is 0 Å². The standard InChI is InChI=1S/C15H26N4OS/c1-4-7-19(9-11-5-6-11)14(20)12-13(16)18-15(21-12)17-8-10(2)3/h10-11H,4-9,16H2,1-3H3,(H,17,18). The number of anilines is 2. The number of nitrogens with one attached hydrogen (secondary N) is 1. The van der Waals surface area contributed by atoms with Gasteiger partial charge in [0.15, 0.2) is 5.13 Å². The van der Waals surface area contributed by atoms with Crippen LogP contribution in [0.25, 0.3) is 0 Å². The van der Waals surface area contributed by atoms with Crippen molar-refractivity contribution in [1.29, 1.82) is 0 Å². The number of nitrogens with two attached hydrogens (primary N) is 1. The SMILES string of the molecule is CCCN(CC1CC1)C(=O)c1sc(NCC(C)C)nc1N. The van der Waals surface area contributed by atoms with Crippen LogP contribution in [0, 0.1) is 11.8 Å². The van der Waals surface area contributed by atoms with Gasteiger partial charge in [0.2, 0.25) is 0 Å². The van der Waals surface area contributed by atoms with Gasteiger partial charge in [-0.25, -0.2) is 4.98 Å². The van der Waals surface area contributed by atoms with E-state index >= 15 is 0 Å². The smallest absolute Gasteiger partial charge is 0.267 e. The van der Waals surface area contributed by atoms with Gasteiger partial charge in [0.1, 0.15) is 10.7 Å². The summed E-state index contributed by atoms with van der Waals surface area (Å²) in [4.78, 5) is 19.5. The molecule has 21 heavy (non-hydrogen) atoms. The Morgan fingerprint density at radius 3 is 2.81 bits per heavy atom. The van der Waals surface area contributed by atoms with Crippen LogP contribution in [0.3, 0.4) is 0 Å². The summed E-state index contributed by atoms with van der Waals surface area (Å²) in [6, 6.07) is 0. The molecule has 1 aliphatic carbocycles. The second-order valence-corrected chi connectivity index (χ2v) is 7.20. The summed E-state index contributed by atoms with van der Waals surface area (Å²) in [5.74, 6) is 1.61. The molecule has 1 aromatic heterocycles. The van der Waals surface area contributed by atoms with Crippen molar-refractivity contribution in [2.24, 2.45) is 11.8 Å². The maximum Gasteiger partial charge on any atom is 0.267 e. The number of amides is 1. The third kappa shape index (κ3) is 4.59. The minimum absolute atomic E-state index is 0.0383. The Labute approximate surface area is 130 Å². The number of nitrogen functional groups attached to an aromatic ring is 1. The summed E-state index contributed by atoms with van der Waals surface area (Å²) in [6.07, 6.45) is 3.45. The molecule has 0 aromatic carbocycles. The molecule has 3 N–H and O–H groups in total. The lowest BCUT2D eigenvalue weighted by molar-refractivity contribution is 0.0753. The van der Waals surface area contributed by atoms with Crippen molar-refractivity contribution in [3.05, 3.63) is 4.88 Å². The van der Waals surface area contributed by atoms with E-state index in [0.29, 0.717) is 22.5 Å². The molecule has 0 aliphatic heterocycles. The molecule has 0 unspecified atom stereocenters. The predicted molar refractivity (Wildman–Crippen MR) is 88.8 cm³/mol. The lowest BCUT2D eigenvalue weighted by Crippen LogP contribution is -2.33. The maximum atomic E-state index is 12.7. The molecule has 0 spiro atoms. The van der Waals surface area contributed by atoms with Crippen molar-refractivity contribution >= 4 is 28.2 Å². The molecule has 1 fully saturated rings. The van der Waals surface area contributed by atoms with Crippen LogP contribution < -0.4 is 11.1 Å². The van der Waals surface area contributed by atoms with Crippen molar-refractivity contribution < 1.29 is 4.79 Å². The summed E-state index contributed by atoms with van der Waals surface area (Å²) in [5.41, 5.74) is 5.94. The minimum atomic E-state index is 0.0383. The Morgan fingerprint density at radius 2 is 2.24 bits per heavy atom. The second-order valence-electron chi connectivity index (χ2n) is 6.20. The molecule has 5 nitrogen and oxygen atoms in total. The van der Waals surface area contributed by atoms with E-state index < -0.39 is 0 Å². The Bertz CT molecular complexity index is 482. The first-order valence-electron chi connectivity index (χ1n) is 7.80. The molecule has 1 heterocycles. The van der Waals surface area contributed by atoms with Crippen LogP contribution in [0.4, 0.5) is 10.9 Å². The normalized spacial score (nSPS) is 14.5. The fourth-order valence-electron chi connectivity index (χ4n) is 2.15. The van der Waals surface area contributed by atoms with Gasteiger partial charge in [-0.3, -0.25) is 4.79 Å². The number of thiazole rings is 1. The number of aromatic nitrogens is 1. The van der Waals surface area contributed by atoms with Crippen molar-refractivity contribution in [3.8, 4) is 0 Å². The molecule has 0 bridgehead atoms. The molecule has 1 saturated carbocycles. The Hall–Kier alpha value is -1.30. The lowest BCUT2D eigenvalue weighted by atomic mass is 10.2. The van der Waals surface area contributed by atoms with Gasteiger partial charge in [0.05, 0.1) is 0 Å². The average Bonchev–Trinajstić information content (AvgIpc) is 3.17. The van der Waals surface area contributed by atoms with Crippen LogP contribution in [0.1, 0.15) is 49.7 Å². The largest absolute Gasteiger partial charge is 0.382 e. The highest BCUT2D eigenvalue weighted by Gasteiger charge is 2.28. The van der Waals surface area contributed by atoms with E-state index in [1.54, 1.807) is 0 Å². The topological polar surface area (TPSA) is 71.2 Å². The average molecular weight is 310 g/mol. The molecule has 118 valence electrons. The highest BCUT2D eigenvalue weighted by atomic mass is 32.1. The summed E-state index contributed by atoms with van der Waals surface area (Å²) < 4.78 is 0. The third-order valence-electron chi connectivity index (χ3n) is 3.47. The second kappa shape index (κ2) is 7.11. The quantitative estimate of drug-likeness (QED) is 0.774. The zero-order valence-electron chi connectivity index (χ0n) is 13.2. The Morgan fingerprint density at radius 1 is 1.52 bits per heavy atom. The van der Waals surface area contributed by atoms with Crippen LogP contribution in [0.2, 0.25) is 0 Å². The summed E-state index contributed by atoms with van der Waals surface area (Å²) >= 11 is 1.37. The van der Waals surface area contributed by atoms with Gasteiger partial charge in [-0.2, -0.15) is 0 Å². The van der Waals surface area contributed by atoms with E-state index in [4.69, 9.17) is 5.73 Å².